The third-order valence-electron chi connectivity index (χ3n) is 5.20. The van der Waals surface area contributed by atoms with E-state index in [1.54, 1.807) is 18.5 Å². The van der Waals surface area contributed by atoms with E-state index in [4.69, 9.17) is 0 Å². The number of hydrogen-bond acceptors (Lipinski definition) is 5. The molecule has 0 aliphatic heterocycles. The van der Waals surface area contributed by atoms with Crippen LogP contribution in [0.1, 0.15) is 15.9 Å². The molecule has 0 saturated carbocycles. The van der Waals surface area contributed by atoms with Gasteiger partial charge in [0.1, 0.15) is 11.6 Å². The highest BCUT2D eigenvalue weighted by molar-refractivity contribution is 6.11. The van der Waals surface area contributed by atoms with Gasteiger partial charge in [0.25, 0.3) is 0 Å². The molecule has 0 atom stereocenters. The first-order chi connectivity index (χ1) is 17.4. The summed E-state index contributed by atoms with van der Waals surface area (Å²) in [7, 11) is 0. The summed E-state index contributed by atoms with van der Waals surface area (Å²) < 4.78 is 44.3. The van der Waals surface area contributed by atoms with Gasteiger partial charge in [-0.1, -0.05) is 0 Å². The summed E-state index contributed by atoms with van der Waals surface area (Å²) in [6, 6.07) is 11.9. The number of benzene rings is 3. The molecule has 5 aromatic rings. The lowest BCUT2D eigenvalue weighted by Crippen LogP contribution is -2.21. The van der Waals surface area contributed by atoms with Crippen molar-refractivity contribution in [1.29, 1.82) is 0 Å². The molecule has 8 nitrogen and oxygen atoms in total. The molecule has 178 valence electrons. The Morgan fingerprint density at radius 1 is 0.889 bits per heavy atom. The summed E-state index contributed by atoms with van der Waals surface area (Å²) >= 11 is 0. The molecule has 0 radical (unpaired) electrons. The Morgan fingerprint density at radius 2 is 1.69 bits per heavy atom. The maximum Gasteiger partial charge on any atom is 0.323 e. The van der Waals surface area contributed by atoms with E-state index >= 15 is 4.39 Å². The Hall–Kier alpha value is -5.06. The lowest BCUT2D eigenvalue weighted by Gasteiger charge is -2.12. The standard InChI is InChI=1S/C25H15F3N6O2/c26-15-3-5-16(6-4-15)31-25(36)33-19-9-7-17(27)22(23(19)28)24(35)14-2-8-18-20(12-14)32-21(13-29-18)34-11-1-10-30-34/h1-13H,(H2,31,33,36). The highest BCUT2D eigenvalue weighted by Crippen LogP contribution is 2.25. The van der Waals surface area contributed by atoms with Gasteiger partial charge in [-0.05, 0) is 60.7 Å². The quantitative estimate of drug-likeness (QED) is 0.335. The molecule has 2 heterocycles. The topological polar surface area (TPSA) is 102 Å². The zero-order chi connectivity index (χ0) is 25.2. The predicted molar refractivity (Wildman–Crippen MR) is 125 cm³/mol. The number of carbonyl (C=O) groups excluding carboxylic acids is 2. The van der Waals surface area contributed by atoms with Gasteiger partial charge in [0.05, 0.1) is 28.5 Å². The molecule has 2 aromatic heterocycles. The van der Waals surface area contributed by atoms with Crippen LogP contribution in [-0.2, 0) is 0 Å². The zero-order valence-corrected chi connectivity index (χ0v) is 18.2. The normalized spacial score (nSPS) is 10.9. The van der Waals surface area contributed by atoms with Crippen molar-refractivity contribution in [2.45, 2.75) is 0 Å². The van der Waals surface area contributed by atoms with E-state index in [2.05, 4.69) is 25.7 Å². The first kappa shape index (κ1) is 22.7. The lowest BCUT2D eigenvalue weighted by atomic mass is 10.0. The van der Waals surface area contributed by atoms with Crippen LogP contribution >= 0.6 is 0 Å². The number of aromatic nitrogens is 4. The van der Waals surface area contributed by atoms with Gasteiger partial charge in [-0.2, -0.15) is 5.10 Å². The largest absolute Gasteiger partial charge is 0.323 e. The average molecular weight is 488 g/mol. The minimum atomic E-state index is -1.24. The van der Waals surface area contributed by atoms with Crippen molar-refractivity contribution in [2.75, 3.05) is 10.6 Å². The van der Waals surface area contributed by atoms with Crippen LogP contribution in [0.4, 0.5) is 29.3 Å². The number of ketones is 1. The van der Waals surface area contributed by atoms with Crippen LogP contribution in [0.3, 0.4) is 0 Å². The van der Waals surface area contributed by atoms with Crippen molar-refractivity contribution in [3.05, 3.63) is 108 Å². The van der Waals surface area contributed by atoms with Crippen molar-refractivity contribution in [2.24, 2.45) is 0 Å². The van der Waals surface area contributed by atoms with E-state index in [1.165, 1.54) is 41.2 Å². The summed E-state index contributed by atoms with van der Waals surface area (Å²) in [6.07, 6.45) is 4.74. The number of amides is 2. The molecule has 0 bridgehead atoms. The monoisotopic (exact) mass is 488 g/mol. The fourth-order valence-electron chi connectivity index (χ4n) is 3.48. The molecule has 0 saturated heterocycles. The fraction of sp³-hybridized carbons (Fsp3) is 0. The van der Waals surface area contributed by atoms with Gasteiger partial charge in [0.2, 0.25) is 0 Å². The Bertz CT molecular complexity index is 1610. The number of hydrogen-bond donors (Lipinski definition) is 2. The number of nitrogens with zero attached hydrogens (tertiary/aromatic N) is 4. The second-order valence-corrected chi connectivity index (χ2v) is 7.58. The third-order valence-corrected chi connectivity index (χ3v) is 5.20. The number of rotatable bonds is 5. The van der Waals surface area contributed by atoms with Crippen molar-refractivity contribution in [1.82, 2.24) is 19.7 Å². The smallest absolute Gasteiger partial charge is 0.308 e. The summed E-state index contributed by atoms with van der Waals surface area (Å²) in [6.45, 7) is 0. The van der Waals surface area contributed by atoms with Crippen molar-refractivity contribution in [3.63, 3.8) is 0 Å². The summed E-state index contributed by atoms with van der Waals surface area (Å²) in [4.78, 5) is 34.0. The highest BCUT2D eigenvalue weighted by atomic mass is 19.1. The van der Waals surface area contributed by atoms with Crippen molar-refractivity contribution in [3.8, 4) is 5.82 Å². The van der Waals surface area contributed by atoms with Crippen LogP contribution in [0, 0.1) is 17.5 Å². The van der Waals surface area contributed by atoms with Gasteiger partial charge < -0.3 is 10.6 Å². The lowest BCUT2D eigenvalue weighted by molar-refractivity contribution is 0.103. The molecule has 36 heavy (non-hydrogen) atoms. The number of anilines is 2. The van der Waals surface area contributed by atoms with Gasteiger partial charge in [0.15, 0.2) is 17.4 Å². The van der Waals surface area contributed by atoms with E-state index in [9.17, 15) is 18.4 Å². The number of urea groups is 1. The fourth-order valence-corrected chi connectivity index (χ4v) is 3.48. The van der Waals surface area contributed by atoms with Crippen LogP contribution in [0.25, 0.3) is 16.9 Å². The molecule has 0 spiro atoms. The molecule has 0 aliphatic rings. The van der Waals surface area contributed by atoms with Gasteiger partial charge in [0, 0.05) is 23.6 Å². The van der Waals surface area contributed by atoms with E-state index in [0.717, 1.165) is 24.3 Å². The molecule has 0 fully saturated rings. The Balaban J connectivity index is 1.43. The SMILES string of the molecule is O=C(Nc1ccc(F)cc1)Nc1ccc(F)c(C(=O)c2ccc3ncc(-n4cccn4)nc3c2)c1F. The Kier molecular flexibility index (Phi) is 5.87. The van der Waals surface area contributed by atoms with Crippen LogP contribution in [0.2, 0.25) is 0 Å². The third kappa shape index (κ3) is 4.49. The van der Waals surface area contributed by atoms with Crippen LogP contribution in [0.15, 0.2) is 79.3 Å². The predicted octanol–water partition coefficient (Wildman–Crippen LogP) is 5.11. The molecule has 3 aromatic carbocycles. The number of fused-ring (bicyclic) bond motifs is 1. The molecular formula is C25H15F3N6O2. The van der Waals surface area contributed by atoms with Gasteiger partial charge in [-0.25, -0.2) is 27.6 Å². The maximum absolute atomic E-state index is 15.2. The van der Waals surface area contributed by atoms with Crippen molar-refractivity contribution < 1.29 is 22.8 Å². The second-order valence-electron chi connectivity index (χ2n) is 7.58. The molecule has 2 N–H and O–H groups in total. The Morgan fingerprint density at radius 3 is 2.44 bits per heavy atom. The maximum atomic E-state index is 15.2. The van der Waals surface area contributed by atoms with Crippen molar-refractivity contribution >= 4 is 34.2 Å². The minimum absolute atomic E-state index is 0.0277. The Labute approximate surface area is 201 Å². The minimum Gasteiger partial charge on any atom is -0.308 e. The molecule has 0 unspecified atom stereocenters. The van der Waals surface area contributed by atoms with E-state index < -0.39 is 40.5 Å². The molecule has 2 amide bonds. The number of nitrogens with one attached hydrogen (secondary N) is 2. The second kappa shape index (κ2) is 9.29. The van der Waals surface area contributed by atoms with E-state index in [0.29, 0.717) is 16.9 Å². The van der Waals surface area contributed by atoms with Crippen LogP contribution < -0.4 is 10.6 Å². The molecule has 5 rings (SSSR count). The number of carbonyl (C=O) groups is 2. The summed E-state index contributed by atoms with van der Waals surface area (Å²) in [5, 5.41) is 8.70. The first-order valence-electron chi connectivity index (χ1n) is 10.5. The summed E-state index contributed by atoms with van der Waals surface area (Å²) in [5.74, 6) is -3.39. The average Bonchev–Trinajstić information content (AvgIpc) is 3.42. The van der Waals surface area contributed by atoms with Crippen LogP contribution in [0.5, 0.6) is 0 Å². The van der Waals surface area contributed by atoms with Gasteiger partial charge in [-0.3, -0.25) is 9.78 Å². The molecule has 11 heteroatoms. The van der Waals surface area contributed by atoms with Gasteiger partial charge in [-0.15, -0.1) is 0 Å². The summed E-state index contributed by atoms with van der Waals surface area (Å²) in [5.41, 5.74) is -0.246. The van der Waals surface area contributed by atoms with E-state index in [1.807, 2.05) is 0 Å². The zero-order valence-electron chi connectivity index (χ0n) is 18.2. The molecule has 0 aliphatic carbocycles. The highest BCUT2D eigenvalue weighted by Gasteiger charge is 2.23. The number of halogens is 3. The van der Waals surface area contributed by atoms with Crippen LogP contribution in [-0.4, -0.2) is 31.6 Å². The van der Waals surface area contributed by atoms with E-state index in [-0.39, 0.29) is 11.3 Å². The first-order valence-corrected chi connectivity index (χ1v) is 10.5. The van der Waals surface area contributed by atoms with Gasteiger partial charge >= 0.3 is 6.03 Å². The molecular weight excluding hydrogens is 473 g/mol.